The molecule has 0 spiro atoms. The fourth-order valence-electron chi connectivity index (χ4n) is 2.36. The molecule has 1 aliphatic heterocycles. The van der Waals surface area contributed by atoms with Gasteiger partial charge in [-0.3, -0.25) is 15.0 Å². The first-order chi connectivity index (χ1) is 9.65. The van der Waals surface area contributed by atoms with E-state index in [4.69, 9.17) is 4.74 Å². The van der Waals surface area contributed by atoms with Gasteiger partial charge < -0.3 is 9.64 Å². The van der Waals surface area contributed by atoms with Gasteiger partial charge in [0.05, 0.1) is 12.0 Å². The Hall–Kier alpha value is -1.89. The molecule has 0 atom stereocenters. The predicted octanol–water partition coefficient (Wildman–Crippen LogP) is 1.69. The molecule has 0 N–H and O–H groups in total. The Morgan fingerprint density at radius 3 is 2.60 bits per heavy atom. The molecule has 1 fully saturated rings. The zero-order valence-electron chi connectivity index (χ0n) is 11.4. The summed E-state index contributed by atoms with van der Waals surface area (Å²) in [6, 6.07) is 4.87. The first-order valence-electron chi connectivity index (χ1n) is 6.51. The minimum atomic E-state index is -0.457. The van der Waals surface area contributed by atoms with E-state index in [9.17, 15) is 14.5 Å². The number of benzene rings is 1. The topological polar surface area (TPSA) is 58.8 Å². The average Bonchev–Trinajstić information content (AvgIpc) is 2.47. The van der Waals surface area contributed by atoms with Gasteiger partial charge in [-0.25, -0.2) is 4.39 Å². The fourth-order valence-corrected chi connectivity index (χ4v) is 2.36. The van der Waals surface area contributed by atoms with Crippen LogP contribution in [0.1, 0.15) is 0 Å². The predicted molar refractivity (Wildman–Crippen MR) is 74.3 cm³/mol. The molecule has 0 amide bonds. The number of hydrogen-bond donors (Lipinski definition) is 0. The van der Waals surface area contributed by atoms with Crippen LogP contribution in [0.15, 0.2) is 18.2 Å². The number of nitrogens with zero attached hydrogens (tertiary/aromatic N) is 3. The summed E-state index contributed by atoms with van der Waals surface area (Å²) in [5.41, 5.74) is 0.861. The SMILES string of the molecule is COc1cc(N2CCN(CCF)CC2)ccc1[N+](=O)[O-]. The van der Waals surface area contributed by atoms with Gasteiger partial charge in [-0.15, -0.1) is 0 Å². The molecular weight excluding hydrogens is 265 g/mol. The zero-order valence-corrected chi connectivity index (χ0v) is 11.4. The van der Waals surface area contributed by atoms with Crippen molar-refractivity contribution in [2.24, 2.45) is 0 Å². The lowest BCUT2D eigenvalue weighted by Crippen LogP contribution is -2.47. The fraction of sp³-hybridized carbons (Fsp3) is 0.538. The Balaban J connectivity index is 2.08. The van der Waals surface area contributed by atoms with Crippen molar-refractivity contribution in [1.29, 1.82) is 0 Å². The Morgan fingerprint density at radius 1 is 1.35 bits per heavy atom. The van der Waals surface area contributed by atoms with Gasteiger partial charge in [0.25, 0.3) is 0 Å². The number of halogens is 1. The van der Waals surface area contributed by atoms with Crippen molar-refractivity contribution in [2.45, 2.75) is 0 Å². The average molecular weight is 283 g/mol. The lowest BCUT2D eigenvalue weighted by atomic mass is 10.2. The highest BCUT2D eigenvalue weighted by atomic mass is 19.1. The lowest BCUT2D eigenvalue weighted by Gasteiger charge is -2.35. The van der Waals surface area contributed by atoms with Gasteiger partial charge in [-0.1, -0.05) is 0 Å². The summed E-state index contributed by atoms with van der Waals surface area (Å²) in [6.07, 6.45) is 0. The number of nitro benzene ring substituents is 1. The van der Waals surface area contributed by atoms with Crippen molar-refractivity contribution in [3.63, 3.8) is 0 Å². The summed E-state index contributed by atoms with van der Waals surface area (Å²) in [7, 11) is 1.42. The molecule has 7 heteroatoms. The minimum absolute atomic E-state index is 0.0349. The van der Waals surface area contributed by atoms with Crippen molar-refractivity contribution in [3.05, 3.63) is 28.3 Å². The normalized spacial score (nSPS) is 16.2. The molecule has 0 saturated carbocycles. The van der Waals surface area contributed by atoms with Crippen molar-refractivity contribution < 1.29 is 14.1 Å². The number of alkyl halides is 1. The van der Waals surface area contributed by atoms with Gasteiger partial charge in [0, 0.05) is 50.5 Å². The van der Waals surface area contributed by atoms with Crippen molar-refractivity contribution in [2.75, 3.05) is 51.4 Å². The molecule has 0 bridgehead atoms. The smallest absolute Gasteiger partial charge is 0.311 e. The van der Waals surface area contributed by atoms with Crippen LogP contribution in [-0.2, 0) is 0 Å². The van der Waals surface area contributed by atoms with E-state index in [-0.39, 0.29) is 18.1 Å². The van der Waals surface area contributed by atoms with Crippen LogP contribution < -0.4 is 9.64 Å². The Labute approximate surface area is 116 Å². The Bertz CT molecular complexity index is 476. The van der Waals surface area contributed by atoms with Gasteiger partial charge >= 0.3 is 5.69 Å². The second kappa shape index (κ2) is 6.51. The third-order valence-corrected chi connectivity index (χ3v) is 3.50. The molecule has 0 unspecified atom stereocenters. The minimum Gasteiger partial charge on any atom is -0.490 e. The summed E-state index contributed by atoms with van der Waals surface area (Å²) in [5.74, 6) is 0.263. The number of ether oxygens (including phenoxy) is 1. The van der Waals surface area contributed by atoms with E-state index in [0.717, 1.165) is 31.9 Å². The van der Waals surface area contributed by atoms with Crippen LogP contribution in [0.2, 0.25) is 0 Å². The van der Waals surface area contributed by atoms with Crippen molar-refractivity contribution in [3.8, 4) is 5.75 Å². The summed E-state index contributed by atoms with van der Waals surface area (Å²) in [5, 5.41) is 10.9. The zero-order chi connectivity index (χ0) is 14.5. The quantitative estimate of drug-likeness (QED) is 0.608. The molecule has 20 heavy (non-hydrogen) atoms. The second-order valence-electron chi connectivity index (χ2n) is 4.63. The molecule has 6 nitrogen and oxygen atoms in total. The number of rotatable bonds is 5. The third-order valence-electron chi connectivity index (χ3n) is 3.50. The van der Waals surface area contributed by atoms with Crippen LogP contribution in [0.4, 0.5) is 15.8 Å². The third kappa shape index (κ3) is 3.16. The van der Waals surface area contributed by atoms with Crippen LogP contribution in [0.3, 0.4) is 0 Å². The molecule has 1 heterocycles. The van der Waals surface area contributed by atoms with Crippen LogP contribution in [0.5, 0.6) is 5.75 Å². The van der Waals surface area contributed by atoms with Gasteiger partial charge in [0.2, 0.25) is 0 Å². The van der Waals surface area contributed by atoms with E-state index in [1.807, 2.05) is 0 Å². The highest BCUT2D eigenvalue weighted by Crippen LogP contribution is 2.31. The van der Waals surface area contributed by atoms with Gasteiger partial charge in [0.15, 0.2) is 5.75 Å². The highest BCUT2D eigenvalue weighted by Gasteiger charge is 2.20. The molecule has 1 saturated heterocycles. The number of methoxy groups -OCH3 is 1. The van der Waals surface area contributed by atoms with E-state index < -0.39 is 4.92 Å². The maximum absolute atomic E-state index is 12.3. The molecule has 0 aliphatic carbocycles. The summed E-state index contributed by atoms with van der Waals surface area (Å²) >= 11 is 0. The Morgan fingerprint density at radius 2 is 2.05 bits per heavy atom. The van der Waals surface area contributed by atoms with Crippen LogP contribution in [0.25, 0.3) is 0 Å². The molecule has 1 aromatic rings. The molecular formula is C13H18FN3O3. The van der Waals surface area contributed by atoms with E-state index in [1.165, 1.54) is 13.2 Å². The van der Waals surface area contributed by atoms with Gasteiger partial charge in [-0.2, -0.15) is 0 Å². The van der Waals surface area contributed by atoms with E-state index in [1.54, 1.807) is 12.1 Å². The van der Waals surface area contributed by atoms with Crippen LogP contribution in [0, 0.1) is 10.1 Å². The largest absolute Gasteiger partial charge is 0.490 e. The van der Waals surface area contributed by atoms with E-state index in [0.29, 0.717) is 6.54 Å². The number of hydrogen-bond acceptors (Lipinski definition) is 5. The van der Waals surface area contributed by atoms with Crippen molar-refractivity contribution >= 4 is 11.4 Å². The number of anilines is 1. The van der Waals surface area contributed by atoms with Crippen molar-refractivity contribution in [1.82, 2.24) is 4.90 Å². The first kappa shape index (κ1) is 14.5. The van der Waals surface area contributed by atoms with Crippen LogP contribution in [-0.4, -0.2) is 56.3 Å². The summed E-state index contributed by atoms with van der Waals surface area (Å²) in [6.45, 7) is 3.29. The second-order valence-corrected chi connectivity index (χ2v) is 4.63. The summed E-state index contributed by atoms with van der Waals surface area (Å²) in [4.78, 5) is 14.6. The Kier molecular flexibility index (Phi) is 4.73. The highest BCUT2D eigenvalue weighted by molar-refractivity contribution is 5.59. The molecule has 1 aliphatic rings. The molecule has 0 radical (unpaired) electrons. The van der Waals surface area contributed by atoms with Gasteiger partial charge in [0.1, 0.15) is 6.67 Å². The first-order valence-corrected chi connectivity index (χ1v) is 6.51. The monoisotopic (exact) mass is 283 g/mol. The maximum atomic E-state index is 12.3. The maximum Gasteiger partial charge on any atom is 0.311 e. The molecule has 0 aromatic heterocycles. The number of piperazine rings is 1. The summed E-state index contributed by atoms with van der Waals surface area (Å²) < 4.78 is 17.4. The van der Waals surface area contributed by atoms with E-state index >= 15 is 0 Å². The van der Waals surface area contributed by atoms with Crippen LogP contribution >= 0.6 is 0 Å². The van der Waals surface area contributed by atoms with E-state index in [2.05, 4.69) is 9.80 Å². The van der Waals surface area contributed by atoms with Gasteiger partial charge in [-0.05, 0) is 6.07 Å². The molecule has 2 rings (SSSR count). The standard InChI is InChI=1S/C13H18FN3O3/c1-20-13-10-11(2-3-12(13)17(18)19)16-8-6-15(5-4-14)7-9-16/h2-3,10H,4-9H2,1H3. The molecule has 1 aromatic carbocycles. The molecule has 110 valence electrons. The lowest BCUT2D eigenvalue weighted by molar-refractivity contribution is -0.385. The number of nitro groups is 1.